The fourth-order valence-electron chi connectivity index (χ4n) is 1.68. The summed E-state index contributed by atoms with van der Waals surface area (Å²) in [5.74, 6) is 0.879. The van der Waals surface area contributed by atoms with Gasteiger partial charge in [-0.25, -0.2) is 4.68 Å². The summed E-state index contributed by atoms with van der Waals surface area (Å²) in [7, 11) is 0. The molecule has 2 aromatic rings. The molecule has 0 aliphatic heterocycles. The second kappa shape index (κ2) is 6.16. The van der Waals surface area contributed by atoms with Gasteiger partial charge in [-0.2, -0.15) is 0 Å². The summed E-state index contributed by atoms with van der Waals surface area (Å²) >= 11 is 0. The van der Waals surface area contributed by atoms with Crippen LogP contribution in [0.5, 0.6) is 5.75 Å². The molecule has 0 saturated carbocycles. The maximum Gasteiger partial charge on any atom is 0.119 e. The van der Waals surface area contributed by atoms with E-state index in [1.54, 1.807) is 4.68 Å². The number of aryl methyl sites for hydroxylation is 1. The van der Waals surface area contributed by atoms with Gasteiger partial charge >= 0.3 is 0 Å². The number of aromatic nitrogens is 3. The van der Waals surface area contributed by atoms with Gasteiger partial charge < -0.3 is 9.84 Å². The summed E-state index contributed by atoms with van der Waals surface area (Å²) in [6.45, 7) is 3.22. The SMILES string of the molecule is Cc1c(CO)nnn1CCCOc1ccccc1. The van der Waals surface area contributed by atoms with Crippen molar-refractivity contribution in [2.24, 2.45) is 0 Å². The number of hydrogen-bond donors (Lipinski definition) is 1. The van der Waals surface area contributed by atoms with Crippen molar-refractivity contribution in [3.05, 3.63) is 41.7 Å². The fourth-order valence-corrected chi connectivity index (χ4v) is 1.68. The third-order valence-electron chi connectivity index (χ3n) is 2.75. The Morgan fingerprint density at radius 3 is 2.72 bits per heavy atom. The summed E-state index contributed by atoms with van der Waals surface area (Å²) in [6, 6.07) is 9.73. The van der Waals surface area contributed by atoms with E-state index in [-0.39, 0.29) is 6.61 Å². The molecule has 1 heterocycles. The fraction of sp³-hybridized carbons (Fsp3) is 0.385. The molecule has 5 nitrogen and oxygen atoms in total. The zero-order valence-electron chi connectivity index (χ0n) is 10.4. The van der Waals surface area contributed by atoms with Crippen LogP contribution in [0.3, 0.4) is 0 Å². The monoisotopic (exact) mass is 247 g/mol. The molecule has 0 unspecified atom stereocenters. The van der Waals surface area contributed by atoms with Crippen LogP contribution in [-0.2, 0) is 13.2 Å². The lowest BCUT2D eigenvalue weighted by Gasteiger charge is -2.06. The minimum absolute atomic E-state index is 0.0631. The molecule has 0 fully saturated rings. The number of ether oxygens (including phenoxy) is 1. The van der Waals surface area contributed by atoms with Gasteiger partial charge in [-0.15, -0.1) is 5.10 Å². The summed E-state index contributed by atoms with van der Waals surface area (Å²) in [5.41, 5.74) is 1.55. The third kappa shape index (κ3) is 3.07. The molecule has 2 rings (SSSR count). The van der Waals surface area contributed by atoms with E-state index < -0.39 is 0 Å². The van der Waals surface area contributed by atoms with E-state index in [0.29, 0.717) is 12.3 Å². The Morgan fingerprint density at radius 2 is 2.06 bits per heavy atom. The van der Waals surface area contributed by atoms with Gasteiger partial charge in [0.25, 0.3) is 0 Å². The first kappa shape index (κ1) is 12.6. The van der Waals surface area contributed by atoms with E-state index in [1.807, 2.05) is 37.3 Å². The largest absolute Gasteiger partial charge is 0.494 e. The third-order valence-corrected chi connectivity index (χ3v) is 2.75. The predicted octanol–water partition coefficient (Wildman–Crippen LogP) is 1.55. The average Bonchev–Trinajstić information content (AvgIpc) is 2.77. The number of para-hydroxylation sites is 1. The molecule has 1 aromatic heterocycles. The van der Waals surface area contributed by atoms with Crippen molar-refractivity contribution < 1.29 is 9.84 Å². The van der Waals surface area contributed by atoms with Gasteiger partial charge in [-0.3, -0.25) is 0 Å². The van der Waals surface area contributed by atoms with E-state index in [0.717, 1.165) is 24.4 Å². The average molecular weight is 247 g/mol. The smallest absolute Gasteiger partial charge is 0.119 e. The molecule has 0 bridgehead atoms. The van der Waals surface area contributed by atoms with Gasteiger partial charge in [0.2, 0.25) is 0 Å². The van der Waals surface area contributed by atoms with Gasteiger partial charge in [0.05, 0.1) is 18.9 Å². The zero-order valence-corrected chi connectivity index (χ0v) is 10.4. The first-order valence-electron chi connectivity index (χ1n) is 5.99. The quantitative estimate of drug-likeness (QED) is 0.787. The van der Waals surface area contributed by atoms with Crippen molar-refractivity contribution in [2.75, 3.05) is 6.61 Å². The lowest BCUT2D eigenvalue weighted by Crippen LogP contribution is -2.07. The topological polar surface area (TPSA) is 60.2 Å². The summed E-state index contributed by atoms with van der Waals surface area (Å²) < 4.78 is 7.38. The van der Waals surface area contributed by atoms with Crippen LogP contribution in [0.15, 0.2) is 30.3 Å². The Kier molecular flexibility index (Phi) is 4.30. The zero-order chi connectivity index (χ0) is 12.8. The number of aliphatic hydroxyl groups is 1. The molecule has 96 valence electrons. The standard InChI is InChI=1S/C13H17N3O2/c1-11-13(10-17)14-15-16(11)8-5-9-18-12-6-3-2-4-7-12/h2-4,6-7,17H,5,8-10H2,1H3. The highest BCUT2D eigenvalue weighted by atomic mass is 16.5. The van der Waals surface area contributed by atoms with Crippen LogP contribution in [0.25, 0.3) is 0 Å². The number of hydrogen-bond acceptors (Lipinski definition) is 4. The second-order valence-electron chi connectivity index (χ2n) is 4.02. The second-order valence-corrected chi connectivity index (χ2v) is 4.02. The normalized spacial score (nSPS) is 10.6. The molecule has 0 amide bonds. The van der Waals surface area contributed by atoms with Crippen molar-refractivity contribution in [2.45, 2.75) is 26.5 Å². The molecule has 18 heavy (non-hydrogen) atoms. The first-order valence-corrected chi connectivity index (χ1v) is 5.99. The molecule has 0 aliphatic carbocycles. The highest BCUT2D eigenvalue weighted by Crippen LogP contribution is 2.09. The number of nitrogens with zero attached hydrogens (tertiary/aromatic N) is 3. The molecule has 1 aromatic carbocycles. The Morgan fingerprint density at radius 1 is 1.28 bits per heavy atom. The van der Waals surface area contributed by atoms with E-state index >= 15 is 0 Å². The molecule has 0 saturated heterocycles. The highest BCUT2D eigenvalue weighted by molar-refractivity contribution is 5.20. The Balaban J connectivity index is 1.77. The van der Waals surface area contributed by atoms with E-state index in [4.69, 9.17) is 9.84 Å². The van der Waals surface area contributed by atoms with Crippen molar-refractivity contribution >= 4 is 0 Å². The molecular formula is C13H17N3O2. The van der Waals surface area contributed by atoms with Crippen LogP contribution < -0.4 is 4.74 Å². The first-order chi connectivity index (χ1) is 8.81. The van der Waals surface area contributed by atoms with Gasteiger partial charge in [-0.05, 0) is 19.1 Å². The number of benzene rings is 1. The minimum atomic E-state index is -0.0631. The predicted molar refractivity (Wildman–Crippen MR) is 67.2 cm³/mol. The van der Waals surface area contributed by atoms with Crippen molar-refractivity contribution in [1.82, 2.24) is 15.0 Å². The summed E-state index contributed by atoms with van der Waals surface area (Å²) in [5, 5.41) is 16.9. The van der Waals surface area contributed by atoms with Gasteiger partial charge in [0.1, 0.15) is 11.4 Å². The minimum Gasteiger partial charge on any atom is -0.494 e. The maximum atomic E-state index is 9.01. The number of aliphatic hydroxyl groups excluding tert-OH is 1. The van der Waals surface area contributed by atoms with Crippen molar-refractivity contribution in [3.63, 3.8) is 0 Å². The van der Waals surface area contributed by atoms with Crippen LogP contribution in [0, 0.1) is 6.92 Å². The lowest BCUT2D eigenvalue weighted by atomic mass is 10.3. The Labute approximate surface area is 106 Å². The molecule has 0 spiro atoms. The highest BCUT2D eigenvalue weighted by Gasteiger charge is 2.06. The maximum absolute atomic E-state index is 9.01. The number of rotatable bonds is 6. The van der Waals surface area contributed by atoms with Crippen LogP contribution in [0.1, 0.15) is 17.8 Å². The van der Waals surface area contributed by atoms with Crippen LogP contribution >= 0.6 is 0 Å². The molecule has 1 N–H and O–H groups in total. The van der Waals surface area contributed by atoms with Crippen LogP contribution in [-0.4, -0.2) is 26.7 Å². The van der Waals surface area contributed by atoms with Crippen molar-refractivity contribution in [1.29, 1.82) is 0 Å². The molecule has 5 heteroatoms. The van der Waals surface area contributed by atoms with Crippen LogP contribution in [0.4, 0.5) is 0 Å². The van der Waals surface area contributed by atoms with Gasteiger partial charge in [0, 0.05) is 13.0 Å². The van der Waals surface area contributed by atoms with E-state index in [2.05, 4.69) is 10.3 Å². The van der Waals surface area contributed by atoms with E-state index in [1.165, 1.54) is 0 Å². The molecular weight excluding hydrogens is 230 g/mol. The summed E-state index contributed by atoms with van der Waals surface area (Å²) in [6.07, 6.45) is 0.851. The van der Waals surface area contributed by atoms with E-state index in [9.17, 15) is 0 Å². The van der Waals surface area contributed by atoms with Gasteiger partial charge in [-0.1, -0.05) is 23.4 Å². The Bertz CT molecular complexity index is 482. The molecule has 0 radical (unpaired) electrons. The molecule has 0 atom stereocenters. The lowest BCUT2D eigenvalue weighted by molar-refractivity contribution is 0.275. The van der Waals surface area contributed by atoms with Gasteiger partial charge in [0.15, 0.2) is 0 Å². The molecule has 0 aliphatic rings. The Hall–Kier alpha value is -1.88. The summed E-state index contributed by atoms with van der Waals surface area (Å²) in [4.78, 5) is 0. The van der Waals surface area contributed by atoms with Crippen molar-refractivity contribution in [3.8, 4) is 5.75 Å². The van der Waals surface area contributed by atoms with Crippen LogP contribution in [0.2, 0.25) is 0 Å².